The summed E-state index contributed by atoms with van der Waals surface area (Å²) in [6, 6.07) is -0.855. The molecule has 0 bridgehead atoms. The number of imidazole rings is 2. The molecule has 7 aromatic rings. The Labute approximate surface area is 845 Å². The van der Waals surface area contributed by atoms with Crippen molar-refractivity contribution in [1.29, 1.82) is 0 Å². The summed E-state index contributed by atoms with van der Waals surface area (Å²) in [4.78, 5) is 166. The number of hydrogen-bond acceptors (Lipinski definition) is 55. The smallest absolute Gasteiger partial charge is 0.351 e. The molecule has 14 heterocycles. The summed E-state index contributed by atoms with van der Waals surface area (Å²) < 4.78 is 180. The van der Waals surface area contributed by atoms with E-state index in [9.17, 15) is 38.9 Å². The van der Waals surface area contributed by atoms with E-state index in [1.165, 1.54) is 91.5 Å². The zero-order valence-electron chi connectivity index (χ0n) is 78.6. The first-order valence-electron chi connectivity index (χ1n) is 44.2. The Balaban J connectivity index is 0.749. The molecule has 0 aliphatic carbocycles. The number of fused-ring (bicyclic) bond motifs is 2. The summed E-state index contributed by atoms with van der Waals surface area (Å²) in [5, 5.41) is 14.4. The first-order chi connectivity index (χ1) is 68.5. The van der Waals surface area contributed by atoms with Crippen LogP contribution < -0.4 is 76.2 Å². The fourth-order valence-corrected chi connectivity index (χ4v) is 23.6. The fraction of sp³-hybridized carbons (Fsp3) is 0.671. The van der Waals surface area contributed by atoms with E-state index < -0.39 is 243 Å². The average molecular weight is 2220 g/mol. The molecule has 800 valence electrons. The second-order valence-electron chi connectivity index (χ2n) is 33.2. The standard InChI is InChI=1S/C76H114N21O37P5S5/c1-11-40-41(22-47(124-40)96-34-86-48-63(80)82-32-84-65(48)96)130-135(104,140)120-28-46-54(59(118-21-16-113-10)72(129-46)97-35-87-49-64(81)83-33-85-66(49)97)134-139(108,144)123-31-45-53(58(117-20-15-112-9)71(128-45)95-26-39(5)67(99)91-76(95)103)133-138(107,143)122-30-44-52(57(116-19-14-111-8)70(127-44)94-25-38(4)62(79)90-75(94)102)132-137(106,142)121-29-43-51(56(115-18-13-110-7)69(126-43)93-24-37(3)61(78)89-74(93)101)131-136(105,141)119-27-42-50(98)55(114-17-12-109-6)68(125-42)92-23-36(2)60(77)88-73(92)100/h23-26,32-35,40-47,50-59,61,68-72,98H,11-22,27-31,78H2,1-10H3,(H,89,101)(H,104,140)(H,105,141)(H,106,142)(H,107,143)(H,108,144)(H2,77,88,100)(H2,79,90,102)(H2,80,82,84)(H2,81,83,85)(H,91,99,103)/p-5/t40-,41?,42-,43-,44-,45-,46-,47-,50?,51?,52?,53?,54?,55+,56+,57+,58+,59+,61?,68-,69-,70-,71-,72-,135?,136?,137?,138?,139?/m1/s1. The number of amides is 2. The number of anilines is 4. The molecule has 0 spiro atoms. The van der Waals surface area contributed by atoms with Gasteiger partial charge in [-0.05, 0) is 39.7 Å². The monoisotopic (exact) mass is 2220 g/mol. The van der Waals surface area contributed by atoms with Crippen LogP contribution in [0.4, 0.5) is 28.1 Å². The molecule has 13 N–H and O–H groups in total. The molecule has 14 rings (SSSR count). The number of aliphatic hydroxyl groups excluding tert-OH is 1. The number of H-pyrrole nitrogens is 1. The van der Waals surface area contributed by atoms with Crippen LogP contribution in [0.15, 0.2) is 74.9 Å². The Morgan fingerprint density at radius 1 is 0.458 bits per heavy atom. The van der Waals surface area contributed by atoms with Crippen LogP contribution in [0.2, 0.25) is 0 Å². The highest BCUT2D eigenvalue weighted by molar-refractivity contribution is 8.32. The molecule has 2 amide bonds. The molecule has 144 heavy (non-hydrogen) atoms. The van der Waals surface area contributed by atoms with E-state index in [2.05, 4.69) is 50.2 Å². The summed E-state index contributed by atoms with van der Waals surface area (Å²) in [5.74, 6) is -0.220. The summed E-state index contributed by atoms with van der Waals surface area (Å²) in [6.45, 7) is -24.4. The number of nitrogen functional groups attached to an aromatic ring is 4. The predicted molar refractivity (Wildman–Crippen MR) is 506 cm³/mol. The van der Waals surface area contributed by atoms with Crippen LogP contribution in [-0.4, -0.2) is 335 Å². The highest BCUT2D eigenvalue weighted by Crippen LogP contribution is 2.57. The molecular weight excluding hydrogens is 2110 g/mol. The van der Waals surface area contributed by atoms with E-state index >= 15 is 14.4 Å². The molecular formula is C76H109N21O37P5S5-5. The molecule has 0 radical (unpaired) electrons. The number of carbonyl (C=O) groups excluding carboxylic acids is 1. The minimum atomic E-state index is -5.35. The number of aryl methyl sites for hydroxylation is 3. The lowest BCUT2D eigenvalue weighted by Gasteiger charge is -2.38. The minimum absolute atomic E-state index is 0.0342. The summed E-state index contributed by atoms with van der Waals surface area (Å²) in [6.07, 6.45) is -26.2. The predicted octanol–water partition coefficient (Wildman–Crippen LogP) is -3.27. The number of nitrogens with two attached hydrogens (primary N) is 5. The lowest BCUT2D eigenvalue weighted by molar-refractivity contribution is -0.223. The quantitative estimate of drug-likeness (QED) is 0.0105. The van der Waals surface area contributed by atoms with Gasteiger partial charge in [0.05, 0.1) is 124 Å². The summed E-state index contributed by atoms with van der Waals surface area (Å²) in [7, 11) is 6.80. The number of urea groups is 1. The molecule has 6 saturated heterocycles. The topological polar surface area (TPSA) is 744 Å². The van der Waals surface area contributed by atoms with Gasteiger partial charge in [0, 0.05) is 83.5 Å². The van der Waals surface area contributed by atoms with Gasteiger partial charge in [-0.25, -0.2) is 49.1 Å². The van der Waals surface area contributed by atoms with Crippen molar-refractivity contribution in [3.8, 4) is 0 Å². The van der Waals surface area contributed by atoms with Crippen molar-refractivity contribution in [2.24, 2.45) is 5.73 Å². The van der Waals surface area contributed by atoms with Crippen LogP contribution in [0.3, 0.4) is 0 Å². The maximum absolute atomic E-state index is 15.7. The molecule has 12 unspecified atom stereocenters. The fourth-order valence-electron chi connectivity index (χ4n) is 16.5. The Morgan fingerprint density at radius 3 is 1.29 bits per heavy atom. The average Bonchev–Trinajstić information content (AvgIpc) is 1.61. The number of rotatable bonds is 52. The van der Waals surface area contributed by atoms with Gasteiger partial charge in [-0.15, -0.1) is 0 Å². The Morgan fingerprint density at radius 2 is 0.833 bits per heavy atom. The highest BCUT2D eigenvalue weighted by Gasteiger charge is 2.57. The van der Waals surface area contributed by atoms with Gasteiger partial charge in [-0.2, -0.15) is 9.97 Å². The van der Waals surface area contributed by atoms with Gasteiger partial charge in [0.1, 0.15) is 166 Å². The number of nitrogens with one attached hydrogen (secondary N) is 2. The Bertz CT molecular complexity index is 6170. The largest absolute Gasteiger partial charge is 0.780 e. The second-order valence-corrected chi connectivity index (χ2v) is 46.7. The van der Waals surface area contributed by atoms with E-state index in [0.717, 1.165) is 31.1 Å². The van der Waals surface area contributed by atoms with Crippen LogP contribution in [0, 0.1) is 20.8 Å². The normalized spacial score (nSPS) is 30.4. The van der Waals surface area contributed by atoms with Gasteiger partial charge in [-0.1, -0.05) is 54.2 Å². The van der Waals surface area contributed by atoms with Crippen molar-refractivity contribution in [2.45, 2.75) is 195 Å². The van der Waals surface area contributed by atoms with Crippen molar-refractivity contribution in [2.75, 3.05) is 158 Å². The van der Waals surface area contributed by atoms with Gasteiger partial charge >= 0.3 is 23.1 Å². The second kappa shape index (κ2) is 49.4. The van der Waals surface area contributed by atoms with Gasteiger partial charge in [0.2, 0.25) is 0 Å². The van der Waals surface area contributed by atoms with E-state index in [1.54, 1.807) is 25.3 Å². The maximum atomic E-state index is 15.7. The SMILES string of the molecule is CC[C@H]1O[C@@H](n2cnc3c(N)ncnc32)CC1OP([O-])(=S)OC[C@H]1O[C@@H](n2cnc3c(N)ncnc32)[C@@H](OCCOC)C1OP(=O)([S-])OC[C@H]1O[C@@H](n2cc(C)c(=O)[nH]c2=O)[C@@H](OCCOC)C1OP([O-])(=S)OC[C@H]1O[C@@H](n2cc(C)c(N)nc2=O)[C@@H](OCCOC)C1OP([O-])(=S)OC[C@H]1O[C@@H](N2C=C(C)C(N)NC2=O)[C@@H](OCCOC)C1OP([O-])(=S)OC[C@H]1O[C@@H](n2cc(C)c(N)nc2=O)[C@@H](OCCOC)C1O. The lowest BCUT2D eigenvalue weighted by Crippen LogP contribution is -2.57. The van der Waals surface area contributed by atoms with Crippen LogP contribution in [-0.2, 0) is 185 Å². The third-order valence-corrected chi connectivity index (χ3v) is 31.3. The zero-order chi connectivity index (χ0) is 104. The number of hydrogen-bond donors (Lipinski definition) is 8. The van der Waals surface area contributed by atoms with E-state index in [-0.39, 0.29) is 118 Å². The number of carbonyl (C=O) groups is 1. The van der Waals surface area contributed by atoms with Crippen LogP contribution in [0.5, 0.6) is 0 Å². The Kier molecular flexibility index (Phi) is 38.8. The maximum Gasteiger partial charge on any atom is 0.351 e. The molecule has 7 aromatic heterocycles. The van der Waals surface area contributed by atoms with Gasteiger partial charge in [-0.3, -0.25) is 42.1 Å². The van der Waals surface area contributed by atoms with Crippen LogP contribution in [0.25, 0.3) is 22.3 Å². The molecule has 0 aromatic carbocycles. The van der Waals surface area contributed by atoms with Crippen molar-refractivity contribution >= 4 is 145 Å². The third-order valence-electron chi connectivity index (χ3n) is 23.6. The van der Waals surface area contributed by atoms with Crippen molar-refractivity contribution < 1.29 is 155 Å². The minimum Gasteiger partial charge on any atom is -0.780 e. The van der Waals surface area contributed by atoms with Gasteiger partial charge in [0.25, 0.3) is 5.56 Å². The number of methoxy groups -OCH3 is 5. The van der Waals surface area contributed by atoms with Crippen LogP contribution >= 0.6 is 33.7 Å². The zero-order valence-corrected chi connectivity index (χ0v) is 87.1. The number of aromatic nitrogens is 14. The van der Waals surface area contributed by atoms with Crippen molar-refractivity contribution in [3.63, 3.8) is 0 Å². The van der Waals surface area contributed by atoms with Crippen molar-refractivity contribution in [3.05, 3.63) is 114 Å². The molecule has 7 aliphatic rings. The molecule has 0 saturated carbocycles. The first kappa shape index (κ1) is 113. The van der Waals surface area contributed by atoms with E-state index in [1.807, 2.05) is 0 Å². The third kappa shape index (κ3) is 27.0. The summed E-state index contributed by atoms with van der Waals surface area (Å²) >= 11 is 28.4. The van der Waals surface area contributed by atoms with Crippen molar-refractivity contribution in [1.82, 2.24) is 77.9 Å². The molecule has 58 nitrogen and oxygen atoms in total. The van der Waals surface area contributed by atoms with Gasteiger partial charge in [0.15, 0.2) is 60.9 Å². The molecule has 29 atom stereocenters. The highest BCUT2D eigenvalue weighted by atomic mass is 32.7. The number of nitrogens with zero attached hydrogens (tertiary/aromatic N) is 14. The molecule has 6 fully saturated rings. The molecule has 7 aliphatic heterocycles. The molecule has 68 heteroatoms. The Hall–Kier alpha value is -6.35. The van der Waals surface area contributed by atoms with Crippen LogP contribution in [0.1, 0.15) is 74.5 Å². The van der Waals surface area contributed by atoms with E-state index in [4.69, 9.17) is 209 Å². The van der Waals surface area contributed by atoms with Gasteiger partial charge < -0.3 is 192 Å². The first-order valence-corrected chi connectivity index (χ1v) is 57.0. The lowest BCUT2D eigenvalue weighted by atomic mass is 10.1. The number of aliphatic hydroxyl groups is 1. The number of ether oxygens (including phenoxy) is 16. The van der Waals surface area contributed by atoms with E-state index in [0.29, 0.717) is 28.7 Å². The number of aromatic amines is 1. The summed E-state index contributed by atoms with van der Waals surface area (Å²) in [5.41, 5.74) is 28.6.